The summed E-state index contributed by atoms with van der Waals surface area (Å²) in [6.07, 6.45) is 4.97. The minimum absolute atomic E-state index is 1.18. The van der Waals surface area contributed by atoms with E-state index in [0.29, 0.717) is 0 Å². The Morgan fingerprint density at radius 1 is 1.08 bits per heavy atom. The van der Waals surface area contributed by atoms with Crippen molar-refractivity contribution in [1.82, 2.24) is 0 Å². The van der Waals surface area contributed by atoms with E-state index in [1.807, 2.05) is 0 Å². The van der Waals surface area contributed by atoms with Gasteiger partial charge in [0, 0.05) is 0 Å². The van der Waals surface area contributed by atoms with Gasteiger partial charge in [-0.1, -0.05) is 0 Å². The van der Waals surface area contributed by atoms with Gasteiger partial charge in [0.25, 0.3) is 0 Å². The van der Waals surface area contributed by atoms with Crippen LogP contribution in [0.15, 0.2) is 0 Å². The van der Waals surface area contributed by atoms with Crippen molar-refractivity contribution in [2.24, 2.45) is 0 Å². The van der Waals surface area contributed by atoms with Gasteiger partial charge < -0.3 is 0 Å². The fourth-order valence-electron chi connectivity index (χ4n) is 1.21. The van der Waals surface area contributed by atoms with Crippen LogP contribution in [-0.4, -0.2) is 24.8 Å². The average molecular weight is 299 g/mol. The summed E-state index contributed by atoms with van der Waals surface area (Å²) in [7, 11) is 8.27. The van der Waals surface area contributed by atoms with E-state index in [1.165, 1.54) is 34.6 Å². The second kappa shape index (κ2) is 7.45. The third-order valence-electron chi connectivity index (χ3n) is 2.17. The maximum absolute atomic E-state index is 6.47. The molecule has 0 fully saturated rings. The van der Waals surface area contributed by atoms with Gasteiger partial charge >= 0.3 is 85.2 Å². The van der Waals surface area contributed by atoms with Gasteiger partial charge in [-0.05, 0) is 0 Å². The van der Waals surface area contributed by atoms with Gasteiger partial charge in [0.15, 0.2) is 0 Å². The van der Waals surface area contributed by atoms with Crippen LogP contribution in [0.4, 0.5) is 0 Å². The van der Waals surface area contributed by atoms with Crippen molar-refractivity contribution >= 4 is 26.6 Å². The molecule has 0 amide bonds. The van der Waals surface area contributed by atoms with Crippen molar-refractivity contribution in [2.45, 2.75) is 48.4 Å². The summed E-state index contributed by atoms with van der Waals surface area (Å²) in [5, 5.41) is 0. The van der Waals surface area contributed by atoms with Gasteiger partial charge in [-0.15, -0.1) is 0 Å². The molecule has 0 aliphatic rings. The molecule has 0 unspecified atom stereocenters. The van der Waals surface area contributed by atoms with E-state index in [9.17, 15) is 0 Å². The predicted octanol–water partition coefficient (Wildman–Crippen LogP) is 3.91. The van der Waals surface area contributed by atoms with E-state index < -0.39 is 17.7 Å². The zero-order chi connectivity index (χ0) is 9.45. The first kappa shape index (κ1) is 13.0. The molecule has 0 aliphatic carbocycles. The van der Waals surface area contributed by atoms with Gasteiger partial charge in [0.1, 0.15) is 0 Å². The molecule has 3 heteroatoms. The SMILES string of the molecule is CCC[CH2][Sn]([Cl])([CH2]CCC)[O]C. The van der Waals surface area contributed by atoms with Crippen molar-refractivity contribution in [3.05, 3.63) is 0 Å². The van der Waals surface area contributed by atoms with E-state index in [0.717, 1.165) is 0 Å². The fourth-order valence-corrected chi connectivity index (χ4v) is 9.91. The molecule has 0 heterocycles. The third-order valence-corrected chi connectivity index (χ3v) is 14.1. The number of rotatable bonds is 7. The van der Waals surface area contributed by atoms with Gasteiger partial charge in [-0.25, -0.2) is 0 Å². The molecule has 0 atom stereocenters. The van der Waals surface area contributed by atoms with Gasteiger partial charge in [0.2, 0.25) is 0 Å². The monoisotopic (exact) mass is 300 g/mol. The van der Waals surface area contributed by atoms with E-state index in [4.69, 9.17) is 12.0 Å². The second-order valence-electron chi connectivity index (χ2n) is 3.29. The van der Waals surface area contributed by atoms with Crippen LogP contribution in [0, 0.1) is 0 Å². The summed E-state index contributed by atoms with van der Waals surface area (Å²) >= 11 is -2.52. The molecule has 0 spiro atoms. The predicted molar refractivity (Wildman–Crippen MR) is 58.0 cm³/mol. The van der Waals surface area contributed by atoms with Crippen LogP contribution in [0.2, 0.25) is 8.87 Å². The Balaban J connectivity index is 3.70. The van der Waals surface area contributed by atoms with Crippen LogP contribution in [-0.2, 0) is 3.07 Å². The van der Waals surface area contributed by atoms with Crippen LogP contribution < -0.4 is 0 Å². The maximum atomic E-state index is 6.47. The average Bonchev–Trinajstić information content (AvgIpc) is 2.11. The van der Waals surface area contributed by atoms with Crippen LogP contribution in [0.1, 0.15) is 39.5 Å². The Morgan fingerprint density at radius 2 is 1.50 bits per heavy atom. The van der Waals surface area contributed by atoms with E-state index in [1.54, 1.807) is 7.11 Å². The van der Waals surface area contributed by atoms with Crippen LogP contribution in [0.3, 0.4) is 0 Å². The van der Waals surface area contributed by atoms with Crippen molar-refractivity contribution in [3.63, 3.8) is 0 Å². The molecule has 0 saturated carbocycles. The molecule has 0 aromatic heterocycles. The molecule has 0 radical (unpaired) electrons. The zero-order valence-corrected chi connectivity index (χ0v) is 12.1. The van der Waals surface area contributed by atoms with E-state index in [-0.39, 0.29) is 0 Å². The molecule has 0 rings (SSSR count). The topological polar surface area (TPSA) is 9.23 Å². The molecule has 0 saturated heterocycles. The molecule has 12 heavy (non-hydrogen) atoms. The Kier molecular flexibility index (Phi) is 8.10. The molecular weight excluding hydrogens is 278 g/mol. The first-order valence-electron chi connectivity index (χ1n) is 4.92. The summed E-state index contributed by atoms with van der Waals surface area (Å²) in [5.74, 6) is 0. The summed E-state index contributed by atoms with van der Waals surface area (Å²) < 4.78 is 7.88. The molecule has 1 nitrogen and oxygen atoms in total. The number of hydrogen-bond acceptors (Lipinski definition) is 1. The Bertz CT molecular complexity index is 101. The number of unbranched alkanes of at least 4 members (excludes halogenated alkanes) is 2. The molecule has 0 bridgehead atoms. The first-order valence-corrected chi connectivity index (χ1v) is 13.7. The van der Waals surface area contributed by atoms with Gasteiger partial charge in [0.05, 0.1) is 0 Å². The zero-order valence-electron chi connectivity index (χ0n) is 8.53. The number of hydrogen-bond donors (Lipinski definition) is 0. The summed E-state index contributed by atoms with van der Waals surface area (Å²) in [5.41, 5.74) is 0. The van der Waals surface area contributed by atoms with Crippen LogP contribution >= 0.6 is 8.92 Å². The Morgan fingerprint density at radius 3 is 1.75 bits per heavy atom. The Labute approximate surface area is 85.0 Å². The molecule has 0 aliphatic heterocycles. The minimum atomic E-state index is -2.52. The van der Waals surface area contributed by atoms with Crippen LogP contribution in [0.5, 0.6) is 0 Å². The normalized spacial score (nSPS) is 12.0. The first-order chi connectivity index (χ1) is 5.68. The van der Waals surface area contributed by atoms with Gasteiger partial charge in [-0.3, -0.25) is 0 Å². The summed E-state index contributed by atoms with van der Waals surface area (Å²) in [6, 6.07) is 0. The van der Waals surface area contributed by atoms with Crippen molar-refractivity contribution in [2.75, 3.05) is 7.11 Å². The van der Waals surface area contributed by atoms with Gasteiger partial charge in [-0.2, -0.15) is 0 Å². The number of halogens is 1. The summed E-state index contributed by atoms with van der Waals surface area (Å²) in [6.45, 7) is 4.41. The van der Waals surface area contributed by atoms with Crippen LogP contribution in [0.25, 0.3) is 0 Å². The van der Waals surface area contributed by atoms with E-state index in [2.05, 4.69) is 13.8 Å². The summed E-state index contributed by atoms with van der Waals surface area (Å²) in [4.78, 5) is 0. The second-order valence-corrected chi connectivity index (χ2v) is 17.0. The fraction of sp³-hybridized carbons (Fsp3) is 1.00. The molecule has 0 aromatic carbocycles. The van der Waals surface area contributed by atoms with Crippen molar-refractivity contribution in [1.29, 1.82) is 0 Å². The van der Waals surface area contributed by atoms with E-state index >= 15 is 0 Å². The quantitative estimate of drug-likeness (QED) is 0.648. The Hall–Kier alpha value is 1.05. The molecule has 0 aromatic rings. The molecule has 0 N–H and O–H groups in total. The standard InChI is InChI=1S/2C4H9.CH3O.ClH.Sn/c2*1-3-4-2;1-2;;/h2*1,3-4H2,2H3;1H3;1H;/q;;-1;;+2/p-1. The molecular formula is C9H21ClOSn. The molecule has 74 valence electrons. The van der Waals surface area contributed by atoms with Crippen molar-refractivity contribution in [3.8, 4) is 0 Å². The van der Waals surface area contributed by atoms with Crippen molar-refractivity contribution < 1.29 is 3.07 Å². The third kappa shape index (κ3) is 5.65.